The van der Waals surface area contributed by atoms with Crippen molar-refractivity contribution in [3.8, 4) is 10.4 Å². The molecule has 0 unspecified atom stereocenters. The minimum atomic E-state index is -0.812. The molecule has 3 rings (SSSR count). The second-order valence-corrected chi connectivity index (χ2v) is 7.03. The van der Waals surface area contributed by atoms with Crippen LogP contribution in [0.1, 0.15) is 12.8 Å². The SMILES string of the molecule is O=C(O)CCCSc1nc2sc(-c3ccccc3)cc2c(=O)[nH]1. The number of nitrogens with one attached hydrogen (secondary N) is 1. The van der Waals surface area contributed by atoms with E-state index >= 15 is 0 Å². The summed E-state index contributed by atoms with van der Waals surface area (Å²) in [5, 5.41) is 9.75. The number of thiophene rings is 1. The molecule has 2 aromatic heterocycles. The minimum absolute atomic E-state index is 0.122. The highest BCUT2D eigenvalue weighted by Crippen LogP contribution is 2.31. The summed E-state index contributed by atoms with van der Waals surface area (Å²) in [6.07, 6.45) is 0.665. The number of nitrogens with zero attached hydrogens (tertiary/aromatic N) is 1. The van der Waals surface area contributed by atoms with Crippen LogP contribution >= 0.6 is 23.1 Å². The number of H-pyrrole nitrogens is 1. The average molecular weight is 346 g/mol. The Kier molecular flexibility index (Phi) is 4.78. The van der Waals surface area contributed by atoms with Crippen LogP contribution in [0, 0.1) is 0 Å². The first-order valence-corrected chi connectivity index (χ1v) is 8.87. The number of fused-ring (bicyclic) bond motifs is 1. The minimum Gasteiger partial charge on any atom is -0.481 e. The number of benzene rings is 1. The lowest BCUT2D eigenvalue weighted by Gasteiger charge is -1.99. The number of hydrogen-bond donors (Lipinski definition) is 2. The molecule has 0 amide bonds. The van der Waals surface area contributed by atoms with E-state index in [0.717, 1.165) is 10.4 Å². The Bertz CT molecular complexity index is 887. The van der Waals surface area contributed by atoms with Crippen LogP contribution in [0.5, 0.6) is 0 Å². The summed E-state index contributed by atoms with van der Waals surface area (Å²) in [6, 6.07) is 11.7. The lowest BCUT2D eigenvalue weighted by Crippen LogP contribution is -2.07. The number of aromatic nitrogens is 2. The third-order valence-corrected chi connectivity index (χ3v) is 5.25. The Morgan fingerprint density at radius 2 is 2.09 bits per heavy atom. The molecule has 0 atom stereocenters. The molecule has 0 fully saturated rings. The van der Waals surface area contributed by atoms with Crippen molar-refractivity contribution in [1.29, 1.82) is 0 Å². The van der Waals surface area contributed by atoms with Crippen molar-refractivity contribution < 1.29 is 9.90 Å². The molecule has 5 nitrogen and oxygen atoms in total. The average Bonchev–Trinajstić information content (AvgIpc) is 2.97. The molecule has 7 heteroatoms. The number of hydrogen-bond acceptors (Lipinski definition) is 5. The molecule has 118 valence electrons. The second kappa shape index (κ2) is 6.97. The molecule has 0 bridgehead atoms. The van der Waals surface area contributed by atoms with E-state index in [-0.39, 0.29) is 12.0 Å². The zero-order chi connectivity index (χ0) is 16.2. The molecule has 3 aromatic rings. The zero-order valence-electron chi connectivity index (χ0n) is 12.1. The van der Waals surface area contributed by atoms with Gasteiger partial charge in [0.1, 0.15) is 4.83 Å². The van der Waals surface area contributed by atoms with Gasteiger partial charge < -0.3 is 10.1 Å². The molecular weight excluding hydrogens is 332 g/mol. The van der Waals surface area contributed by atoms with Gasteiger partial charge in [0.2, 0.25) is 0 Å². The standard InChI is InChI=1S/C16H14N2O3S2/c19-13(20)7-4-8-22-16-17-14(21)11-9-12(23-15(11)18-16)10-5-2-1-3-6-10/h1-3,5-6,9H,4,7-8H2,(H,19,20)(H,17,18,21). The van der Waals surface area contributed by atoms with E-state index in [1.165, 1.54) is 23.1 Å². The Balaban J connectivity index is 1.84. The van der Waals surface area contributed by atoms with E-state index in [2.05, 4.69) is 9.97 Å². The van der Waals surface area contributed by atoms with E-state index in [1.807, 2.05) is 36.4 Å². The molecule has 0 aliphatic carbocycles. The van der Waals surface area contributed by atoms with E-state index in [1.54, 1.807) is 0 Å². The first kappa shape index (κ1) is 15.8. The van der Waals surface area contributed by atoms with Gasteiger partial charge in [0.05, 0.1) is 5.39 Å². The summed E-state index contributed by atoms with van der Waals surface area (Å²) in [5.41, 5.74) is 0.903. The van der Waals surface area contributed by atoms with Gasteiger partial charge in [-0.2, -0.15) is 0 Å². The van der Waals surface area contributed by atoms with Crippen LogP contribution in [-0.4, -0.2) is 26.8 Å². The summed E-state index contributed by atoms with van der Waals surface area (Å²) < 4.78 is 0. The summed E-state index contributed by atoms with van der Waals surface area (Å²) in [4.78, 5) is 31.6. The number of carboxylic acid groups (broad SMARTS) is 1. The lowest BCUT2D eigenvalue weighted by atomic mass is 10.2. The van der Waals surface area contributed by atoms with Gasteiger partial charge in [0.15, 0.2) is 5.16 Å². The van der Waals surface area contributed by atoms with Crippen LogP contribution in [0.3, 0.4) is 0 Å². The normalized spacial score (nSPS) is 11.0. The van der Waals surface area contributed by atoms with Crippen molar-refractivity contribution in [3.05, 3.63) is 46.8 Å². The fraction of sp³-hybridized carbons (Fsp3) is 0.188. The molecule has 0 spiro atoms. The molecule has 1 aromatic carbocycles. The van der Waals surface area contributed by atoms with E-state index < -0.39 is 5.97 Å². The number of aliphatic carboxylic acids is 1. The molecule has 0 saturated heterocycles. The molecule has 23 heavy (non-hydrogen) atoms. The van der Waals surface area contributed by atoms with Gasteiger partial charge in [0.25, 0.3) is 5.56 Å². The Morgan fingerprint density at radius 1 is 1.30 bits per heavy atom. The monoisotopic (exact) mass is 346 g/mol. The predicted octanol–water partition coefficient (Wildman–Crippen LogP) is 3.61. The van der Waals surface area contributed by atoms with Crippen LogP contribution in [0.25, 0.3) is 20.7 Å². The number of carboxylic acids is 1. The van der Waals surface area contributed by atoms with Gasteiger partial charge in [-0.15, -0.1) is 11.3 Å². The smallest absolute Gasteiger partial charge is 0.303 e. The summed E-state index contributed by atoms with van der Waals surface area (Å²) in [5.74, 6) is -0.203. The highest BCUT2D eigenvalue weighted by molar-refractivity contribution is 7.99. The van der Waals surface area contributed by atoms with E-state index in [9.17, 15) is 9.59 Å². The third kappa shape index (κ3) is 3.80. The van der Waals surface area contributed by atoms with Crippen molar-refractivity contribution in [2.24, 2.45) is 0 Å². The Labute approximate surface area is 140 Å². The van der Waals surface area contributed by atoms with Gasteiger partial charge in [0, 0.05) is 17.1 Å². The zero-order valence-corrected chi connectivity index (χ0v) is 13.7. The molecular formula is C16H14N2O3S2. The summed E-state index contributed by atoms with van der Waals surface area (Å²) >= 11 is 2.86. The molecule has 0 aliphatic rings. The van der Waals surface area contributed by atoms with Crippen molar-refractivity contribution >= 4 is 39.3 Å². The lowest BCUT2D eigenvalue weighted by molar-refractivity contribution is -0.137. The molecule has 0 radical (unpaired) electrons. The van der Waals surface area contributed by atoms with Crippen molar-refractivity contribution in [2.45, 2.75) is 18.0 Å². The topological polar surface area (TPSA) is 83.0 Å². The van der Waals surface area contributed by atoms with Crippen molar-refractivity contribution in [1.82, 2.24) is 9.97 Å². The van der Waals surface area contributed by atoms with E-state index in [0.29, 0.717) is 27.5 Å². The fourth-order valence-corrected chi connectivity index (χ4v) is 4.02. The van der Waals surface area contributed by atoms with Gasteiger partial charge in [-0.05, 0) is 18.1 Å². The van der Waals surface area contributed by atoms with Crippen LogP contribution in [0.15, 0.2) is 46.3 Å². The van der Waals surface area contributed by atoms with Gasteiger partial charge in [-0.3, -0.25) is 9.59 Å². The number of thioether (sulfide) groups is 1. The molecule has 0 saturated carbocycles. The quantitative estimate of drug-likeness (QED) is 0.405. The third-order valence-electron chi connectivity index (χ3n) is 3.21. The number of aromatic amines is 1. The van der Waals surface area contributed by atoms with Crippen LogP contribution in [0.2, 0.25) is 0 Å². The number of carbonyl (C=O) groups is 1. The largest absolute Gasteiger partial charge is 0.481 e. The van der Waals surface area contributed by atoms with Gasteiger partial charge >= 0.3 is 5.97 Å². The fourth-order valence-electron chi connectivity index (χ4n) is 2.12. The van der Waals surface area contributed by atoms with Crippen LogP contribution in [0.4, 0.5) is 0 Å². The van der Waals surface area contributed by atoms with Crippen LogP contribution < -0.4 is 5.56 Å². The molecule has 0 aliphatic heterocycles. The van der Waals surface area contributed by atoms with Crippen molar-refractivity contribution in [3.63, 3.8) is 0 Å². The maximum atomic E-state index is 12.2. The highest BCUT2D eigenvalue weighted by atomic mass is 32.2. The Morgan fingerprint density at radius 3 is 2.83 bits per heavy atom. The molecule has 2 N–H and O–H groups in total. The maximum Gasteiger partial charge on any atom is 0.303 e. The van der Waals surface area contributed by atoms with Gasteiger partial charge in [-0.25, -0.2) is 4.98 Å². The predicted molar refractivity (Wildman–Crippen MR) is 93.3 cm³/mol. The van der Waals surface area contributed by atoms with Crippen LogP contribution in [-0.2, 0) is 4.79 Å². The first-order valence-electron chi connectivity index (χ1n) is 7.07. The first-order chi connectivity index (χ1) is 11.1. The van der Waals surface area contributed by atoms with E-state index in [4.69, 9.17) is 5.11 Å². The molecule has 2 heterocycles. The summed E-state index contributed by atoms with van der Waals surface area (Å²) in [6.45, 7) is 0. The summed E-state index contributed by atoms with van der Waals surface area (Å²) in [7, 11) is 0. The number of rotatable bonds is 6. The van der Waals surface area contributed by atoms with Crippen molar-refractivity contribution in [2.75, 3.05) is 5.75 Å². The Hall–Kier alpha value is -2.12. The van der Waals surface area contributed by atoms with Gasteiger partial charge in [-0.1, -0.05) is 42.1 Å². The maximum absolute atomic E-state index is 12.2. The second-order valence-electron chi connectivity index (χ2n) is 4.91. The highest BCUT2D eigenvalue weighted by Gasteiger charge is 2.10.